The quantitative estimate of drug-likeness (QED) is 0.0892. The third kappa shape index (κ3) is 15.5. The van der Waals surface area contributed by atoms with Crippen molar-refractivity contribution in [3.8, 4) is 0 Å². The molecule has 1 unspecified atom stereocenters. The van der Waals surface area contributed by atoms with Crippen LogP contribution in [0.4, 0.5) is 0 Å². The van der Waals surface area contributed by atoms with Crippen molar-refractivity contribution in [3.05, 3.63) is 0 Å². The molecule has 5 heteroatoms. The first-order valence-electron chi connectivity index (χ1n) is 13.3. The first-order valence-corrected chi connectivity index (χ1v) is 15.1. The van der Waals surface area contributed by atoms with E-state index in [0.717, 1.165) is 11.0 Å². The molecule has 0 bridgehead atoms. The van der Waals surface area contributed by atoms with E-state index in [9.17, 15) is 0 Å². The summed E-state index contributed by atoms with van der Waals surface area (Å²) in [5, 5.41) is 0. The first kappa shape index (κ1) is 31.1. The maximum atomic E-state index is 5.66. The Kier molecular flexibility index (Phi) is 19.6. The van der Waals surface area contributed by atoms with Crippen molar-refractivity contribution in [3.63, 3.8) is 0 Å². The summed E-state index contributed by atoms with van der Waals surface area (Å²) in [6, 6.07) is 0. The van der Waals surface area contributed by atoms with Gasteiger partial charge in [-0.2, -0.15) is 0 Å². The molecule has 1 atom stereocenters. The monoisotopic (exact) mass is 460 g/mol. The Labute approximate surface area is 197 Å². The van der Waals surface area contributed by atoms with Crippen LogP contribution in [-0.2, 0) is 13.3 Å². The predicted molar refractivity (Wildman–Crippen MR) is 138 cm³/mol. The zero-order valence-electron chi connectivity index (χ0n) is 22.5. The molecule has 0 amide bonds. The standard InChI is InChI=1S/C26H58NO3Si/c1-8-9-10-11-12-13-14-15-16-17-18-19-20-21-22-23-24-27(3,4)25-26(2)31(28-5,29-6)30-7/h26H,8-25H2,1-7H3/q+1. The van der Waals surface area contributed by atoms with Gasteiger partial charge in [-0.25, -0.2) is 0 Å². The Balaban J connectivity index is 3.61. The highest BCUT2D eigenvalue weighted by molar-refractivity contribution is 6.62. The lowest BCUT2D eigenvalue weighted by Crippen LogP contribution is -2.53. The van der Waals surface area contributed by atoms with Crippen LogP contribution in [0, 0.1) is 0 Å². The summed E-state index contributed by atoms with van der Waals surface area (Å²) in [4.78, 5) is 0. The number of unbranched alkanes of at least 4 members (excludes halogenated alkanes) is 15. The number of rotatable bonds is 23. The van der Waals surface area contributed by atoms with E-state index in [4.69, 9.17) is 13.3 Å². The normalized spacial score (nSPS) is 13.6. The number of hydrogen-bond acceptors (Lipinski definition) is 3. The van der Waals surface area contributed by atoms with Gasteiger partial charge in [-0.15, -0.1) is 0 Å². The van der Waals surface area contributed by atoms with E-state index < -0.39 is 8.80 Å². The third-order valence-electron chi connectivity index (χ3n) is 6.84. The summed E-state index contributed by atoms with van der Waals surface area (Å²) in [6.45, 7) is 6.74. The van der Waals surface area contributed by atoms with Gasteiger partial charge in [-0.3, -0.25) is 0 Å². The molecule has 0 rings (SSSR count). The summed E-state index contributed by atoms with van der Waals surface area (Å²) in [7, 11) is 7.25. The average Bonchev–Trinajstić information content (AvgIpc) is 2.74. The molecule has 0 aromatic heterocycles. The van der Waals surface area contributed by atoms with Crippen LogP contribution in [0.3, 0.4) is 0 Å². The minimum Gasteiger partial charge on any atom is -0.377 e. The summed E-state index contributed by atoms with van der Waals surface area (Å²) >= 11 is 0. The Bertz CT molecular complexity index is 381. The van der Waals surface area contributed by atoms with E-state index in [1.54, 1.807) is 21.3 Å². The van der Waals surface area contributed by atoms with Crippen LogP contribution < -0.4 is 0 Å². The average molecular weight is 461 g/mol. The van der Waals surface area contributed by atoms with Gasteiger partial charge in [0.1, 0.15) is 0 Å². The number of hydrogen-bond donors (Lipinski definition) is 0. The molecule has 0 heterocycles. The lowest BCUT2D eigenvalue weighted by Gasteiger charge is -2.37. The largest absolute Gasteiger partial charge is 0.508 e. The fourth-order valence-corrected chi connectivity index (χ4v) is 7.31. The van der Waals surface area contributed by atoms with Crippen molar-refractivity contribution < 1.29 is 17.8 Å². The highest BCUT2D eigenvalue weighted by atomic mass is 28.4. The van der Waals surface area contributed by atoms with Crippen LogP contribution >= 0.6 is 0 Å². The van der Waals surface area contributed by atoms with E-state index in [-0.39, 0.29) is 0 Å². The van der Waals surface area contributed by atoms with Crippen LogP contribution in [0.1, 0.15) is 117 Å². The van der Waals surface area contributed by atoms with Gasteiger partial charge in [0.2, 0.25) is 0 Å². The van der Waals surface area contributed by atoms with Gasteiger partial charge in [0, 0.05) is 21.3 Å². The molecule has 31 heavy (non-hydrogen) atoms. The molecule has 0 spiro atoms. The molecule has 0 aliphatic carbocycles. The summed E-state index contributed by atoms with van der Waals surface area (Å²) in [5.41, 5.74) is 0.295. The van der Waals surface area contributed by atoms with Gasteiger partial charge in [-0.1, -0.05) is 104 Å². The fraction of sp³-hybridized carbons (Fsp3) is 1.00. The predicted octanol–water partition coefficient (Wildman–Crippen LogP) is 7.59. The first-order chi connectivity index (χ1) is 14.9. The molecule has 0 N–H and O–H groups in total. The van der Waals surface area contributed by atoms with Gasteiger partial charge in [-0.05, 0) is 12.8 Å². The van der Waals surface area contributed by atoms with Crippen molar-refractivity contribution >= 4 is 8.80 Å². The second-order valence-electron chi connectivity index (χ2n) is 10.3. The lowest BCUT2D eigenvalue weighted by atomic mass is 10.0. The summed E-state index contributed by atoms with van der Waals surface area (Å²) in [6.07, 6.45) is 22.8. The molecule has 4 nitrogen and oxygen atoms in total. The van der Waals surface area contributed by atoms with E-state index >= 15 is 0 Å². The molecule has 0 aromatic carbocycles. The van der Waals surface area contributed by atoms with Crippen LogP contribution in [0.5, 0.6) is 0 Å². The van der Waals surface area contributed by atoms with Crippen LogP contribution in [0.15, 0.2) is 0 Å². The highest BCUT2D eigenvalue weighted by Gasteiger charge is 2.47. The minimum atomic E-state index is -2.54. The van der Waals surface area contributed by atoms with Gasteiger partial charge in [0.05, 0.1) is 32.7 Å². The minimum absolute atomic E-state index is 0.295. The van der Waals surface area contributed by atoms with Crippen molar-refractivity contribution in [2.45, 2.75) is 122 Å². The molecule has 0 aliphatic heterocycles. The lowest BCUT2D eigenvalue weighted by molar-refractivity contribution is -0.890. The van der Waals surface area contributed by atoms with E-state index in [1.807, 2.05) is 0 Å². The molecule has 0 aliphatic rings. The van der Waals surface area contributed by atoms with Crippen LogP contribution in [-0.4, -0.2) is 61.8 Å². The highest BCUT2D eigenvalue weighted by Crippen LogP contribution is 2.26. The molecule has 0 fully saturated rings. The van der Waals surface area contributed by atoms with Gasteiger partial charge < -0.3 is 17.8 Å². The number of quaternary nitrogens is 1. The molecular weight excluding hydrogens is 402 g/mol. The van der Waals surface area contributed by atoms with E-state index in [1.165, 1.54) is 109 Å². The Morgan fingerprint density at radius 1 is 0.581 bits per heavy atom. The van der Waals surface area contributed by atoms with Crippen molar-refractivity contribution in [1.82, 2.24) is 0 Å². The fourth-order valence-electron chi connectivity index (χ4n) is 4.89. The van der Waals surface area contributed by atoms with Crippen molar-refractivity contribution in [1.29, 1.82) is 0 Å². The molecule has 188 valence electrons. The zero-order chi connectivity index (χ0) is 23.4. The maximum absolute atomic E-state index is 5.66. The van der Waals surface area contributed by atoms with Crippen LogP contribution in [0.2, 0.25) is 5.54 Å². The smallest absolute Gasteiger partial charge is 0.377 e. The SMILES string of the molecule is CCCCCCCCCCCCCCCCCC[N+](C)(C)CC(C)[Si](OC)(OC)OC. The van der Waals surface area contributed by atoms with Crippen molar-refractivity contribution in [2.24, 2.45) is 0 Å². The molecule has 0 saturated heterocycles. The Morgan fingerprint density at radius 2 is 0.903 bits per heavy atom. The summed E-state index contributed by atoms with van der Waals surface area (Å²) < 4.78 is 18.0. The van der Waals surface area contributed by atoms with Crippen molar-refractivity contribution in [2.75, 3.05) is 48.5 Å². The van der Waals surface area contributed by atoms with Gasteiger partial charge in [0.15, 0.2) is 0 Å². The van der Waals surface area contributed by atoms with E-state index in [2.05, 4.69) is 27.9 Å². The molecule has 0 radical (unpaired) electrons. The second kappa shape index (κ2) is 19.5. The topological polar surface area (TPSA) is 27.7 Å². The molecule has 0 aromatic rings. The van der Waals surface area contributed by atoms with E-state index in [0.29, 0.717) is 5.54 Å². The van der Waals surface area contributed by atoms with Crippen LogP contribution in [0.25, 0.3) is 0 Å². The second-order valence-corrected chi connectivity index (χ2v) is 13.7. The van der Waals surface area contributed by atoms with Gasteiger partial charge in [0.25, 0.3) is 0 Å². The maximum Gasteiger partial charge on any atom is 0.508 e. The third-order valence-corrected chi connectivity index (χ3v) is 9.94. The zero-order valence-corrected chi connectivity index (χ0v) is 23.5. The molecular formula is C26H58NO3Si+. The number of nitrogens with zero attached hydrogens (tertiary/aromatic N) is 1. The van der Waals surface area contributed by atoms with Gasteiger partial charge >= 0.3 is 8.80 Å². The molecule has 0 saturated carbocycles. The summed E-state index contributed by atoms with van der Waals surface area (Å²) in [5.74, 6) is 0. The Morgan fingerprint density at radius 3 is 1.23 bits per heavy atom. The Hall–Kier alpha value is 0.0569.